The lowest BCUT2D eigenvalue weighted by molar-refractivity contribution is 0.223. The molecule has 102 valence electrons. The number of nitrogens with one attached hydrogen (secondary N) is 1. The van der Waals surface area contributed by atoms with Gasteiger partial charge in [-0.25, -0.2) is 4.98 Å². The van der Waals surface area contributed by atoms with Crippen molar-refractivity contribution >= 4 is 5.82 Å². The van der Waals surface area contributed by atoms with E-state index < -0.39 is 5.54 Å². The maximum absolute atomic E-state index is 9.74. The van der Waals surface area contributed by atoms with E-state index in [1.165, 1.54) is 0 Å². The van der Waals surface area contributed by atoms with Gasteiger partial charge in [0.15, 0.2) is 0 Å². The number of aromatic nitrogens is 1. The summed E-state index contributed by atoms with van der Waals surface area (Å²) in [5.74, 6) is 0.585. The molecule has 0 spiro atoms. The average Bonchev–Trinajstić information content (AvgIpc) is 2.47. The molecule has 0 saturated carbocycles. The lowest BCUT2D eigenvalue weighted by Gasteiger charge is -2.30. The number of nitriles is 1. The van der Waals surface area contributed by atoms with Gasteiger partial charge in [-0.3, -0.25) is 0 Å². The van der Waals surface area contributed by atoms with Crippen LogP contribution in [0.5, 0.6) is 0 Å². The molecule has 4 heteroatoms. The molecule has 1 heterocycles. The zero-order chi connectivity index (χ0) is 14.6. The minimum Gasteiger partial charge on any atom is -0.394 e. The van der Waals surface area contributed by atoms with Crippen LogP contribution in [-0.2, 0) is 5.54 Å². The molecule has 1 unspecified atom stereocenters. The van der Waals surface area contributed by atoms with Gasteiger partial charge in [-0.2, -0.15) is 5.26 Å². The Morgan fingerprint density at radius 2 is 2.00 bits per heavy atom. The first-order chi connectivity index (χ1) is 9.57. The maximum atomic E-state index is 9.74. The van der Waals surface area contributed by atoms with Crippen LogP contribution in [0, 0.1) is 18.3 Å². The average molecular weight is 267 g/mol. The lowest BCUT2D eigenvalue weighted by Crippen LogP contribution is -2.36. The van der Waals surface area contributed by atoms with Crippen LogP contribution in [0.25, 0.3) is 0 Å². The van der Waals surface area contributed by atoms with Crippen LogP contribution in [0.15, 0.2) is 42.5 Å². The second-order valence-corrected chi connectivity index (χ2v) is 4.98. The summed E-state index contributed by atoms with van der Waals surface area (Å²) in [5.41, 5.74) is 1.63. The monoisotopic (exact) mass is 267 g/mol. The van der Waals surface area contributed by atoms with Gasteiger partial charge < -0.3 is 10.4 Å². The molecule has 0 aliphatic carbocycles. The number of rotatable bonds is 4. The topological polar surface area (TPSA) is 68.9 Å². The van der Waals surface area contributed by atoms with Crippen LogP contribution in [0.3, 0.4) is 0 Å². The number of benzene rings is 1. The van der Waals surface area contributed by atoms with Gasteiger partial charge in [0.05, 0.1) is 23.8 Å². The highest BCUT2D eigenvalue weighted by Crippen LogP contribution is 2.25. The van der Waals surface area contributed by atoms with E-state index in [1.54, 1.807) is 12.1 Å². The number of pyridine rings is 1. The van der Waals surface area contributed by atoms with Crippen molar-refractivity contribution in [2.45, 2.75) is 19.4 Å². The van der Waals surface area contributed by atoms with Gasteiger partial charge in [-0.05, 0) is 31.5 Å². The summed E-state index contributed by atoms with van der Waals surface area (Å²) < 4.78 is 0. The number of nitrogens with zero attached hydrogens (tertiary/aromatic N) is 2. The summed E-state index contributed by atoms with van der Waals surface area (Å²) in [6.45, 7) is 3.66. The van der Waals surface area contributed by atoms with Crippen molar-refractivity contribution < 1.29 is 5.11 Å². The Balaban J connectivity index is 2.36. The van der Waals surface area contributed by atoms with Crippen molar-refractivity contribution in [3.63, 3.8) is 0 Å². The van der Waals surface area contributed by atoms with Gasteiger partial charge in [0.1, 0.15) is 5.82 Å². The van der Waals surface area contributed by atoms with E-state index in [9.17, 15) is 5.11 Å². The van der Waals surface area contributed by atoms with E-state index in [1.807, 2.05) is 44.2 Å². The Morgan fingerprint density at radius 1 is 1.30 bits per heavy atom. The Kier molecular flexibility index (Phi) is 4.02. The van der Waals surface area contributed by atoms with Crippen molar-refractivity contribution in [3.8, 4) is 6.07 Å². The summed E-state index contributed by atoms with van der Waals surface area (Å²) >= 11 is 0. The summed E-state index contributed by atoms with van der Waals surface area (Å²) in [7, 11) is 0. The molecule has 4 nitrogen and oxygen atoms in total. The smallest absolute Gasteiger partial charge is 0.128 e. The highest BCUT2D eigenvalue weighted by Gasteiger charge is 2.26. The summed E-state index contributed by atoms with van der Waals surface area (Å²) in [5, 5.41) is 22.0. The summed E-state index contributed by atoms with van der Waals surface area (Å²) in [4.78, 5) is 4.37. The highest BCUT2D eigenvalue weighted by molar-refractivity contribution is 5.47. The second-order valence-electron chi connectivity index (χ2n) is 4.98. The van der Waals surface area contributed by atoms with Crippen LogP contribution < -0.4 is 5.32 Å². The second kappa shape index (κ2) is 5.72. The third-order valence-corrected chi connectivity index (χ3v) is 3.21. The number of hydrogen-bond acceptors (Lipinski definition) is 4. The largest absolute Gasteiger partial charge is 0.394 e. The molecule has 2 rings (SSSR count). The number of aliphatic hydroxyl groups excluding tert-OH is 1. The van der Waals surface area contributed by atoms with Gasteiger partial charge >= 0.3 is 0 Å². The summed E-state index contributed by atoms with van der Waals surface area (Å²) in [6, 6.07) is 15.2. The van der Waals surface area contributed by atoms with Gasteiger partial charge in [-0.1, -0.05) is 30.3 Å². The molecule has 1 aromatic heterocycles. The van der Waals surface area contributed by atoms with E-state index in [0.717, 1.165) is 11.3 Å². The number of aryl methyl sites for hydroxylation is 1. The normalized spacial score (nSPS) is 13.3. The van der Waals surface area contributed by atoms with Crippen molar-refractivity contribution in [1.82, 2.24) is 4.98 Å². The first-order valence-electron chi connectivity index (χ1n) is 6.41. The van der Waals surface area contributed by atoms with Crippen molar-refractivity contribution in [2.75, 3.05) is 11.9 Å². The van der Waals surface area contributed by atoms with Gasteiger partial charge in [0.25, 0.3) is 0 Å². The first-order valence-corrected chi connectivity index (χ1v) is 6.41. The van der Waals surface area contributed by atoms with E-state index in [0.29, 0.717) is 11.4 Å². The molecular weight excluding hydrogens is 250 g/mol. The van der Waals surface area contributed by atoms with E-state index in [-0.39, 0.29) is 6.61 Å². The third-order valence-electron chi connectivity index (χ3n) is 3.21. The Morgan fingerprint density at radius 3 is 2.60 bits per heavy atom. The highest BCUT2D eigenvalue weighted by atomic mass is 16.3. The molecular formula is C16H17N3O. The van der Waals surface area contributed by atoms with Crippen LogP contribution in [-0.4, -0.2) is 16.7 Å². The molecule has 1 atom stereocenters. The van der Waals surface area contributed by atoms with Gasteiger partial charge in [0, 0.05) is 5.69 Å². The van der Waals surface area contributed by atoms with Crippen molar-refractivity contribution in [3.05, 3.63) is 59.3 Å². The SMILES string of the molecule is Cc1cc(C#N)cc(NC(C)(CO)c2ccccc2)n1. The molecule has 2 N–H and O–H groups in total. The Hall–Kier alpha value is -2.38. The number of aliphatic hydroxyl groups is 1. The quantitative estimate of drug-likeness (QED) is 0.893. The minimum atomic E-state index is -0.644. The standard InChI is InChI=1S/C16H17N3O/c1-12-8-13(10-17)9-15(18-12)19-16(2,11-20)14-6-4-3-5-7-14/h3-9,20H,11H2,1-2H3,(H,18,19). The van der Waals surface area contributed by atoms with Crippen LogP contribution in [0.2, 0.25) is 0 Å². The van der Waals surface area contributed by atoms with Gasteiger partial charge in [-0.15, -0.1) is 0 Å². The van der Waals surface area contributed by atoms with E-state index in [2.05, 4.69) is 16.4 Å². The minimum absolute atomic E-state index is 0.0749. The zero-order valence-electron chi connectivity index (χ0n) is 11.6. The molecule has 0 bridgehead atoms. The summed E-state index contributed by atoms with van der Waals surface area (Å²) in [6.07, 6.45) is 0. The van der Waals surface area contributed by atoms with E-state index in [4.69, 9.17) is 5.26 Å². The molecule has 20 heavy (non-hydrogen) atoms. The van der Waals surface area contributed by atoms with Crippen LogP contribution >= 0.6 is 0 Å². The van der Waals surface area contributed by atoms with Crippen LogP contribution in [0.4, 0.5) is 5.82 Å². The fourth-order valence-electron chi connectivity index (χ4n) is 2.09. The van der Waals surface area contributed by atoms with Crippen molar-refractivity contribution in [2.24, 2.45) is 0 Å². The van der Waals surface area contributed by atoms with Crippen molar-refractivity contribution in [1.29, 1.82) is 5.26 Å². The predicted molar refractivity (Wildman–Crippen MR) is 78.2 cm³/mol. The number of hydrogen-bond donors (Lipinski definition) is 2. The van der Waals surface area contributed by atoms with Gasteiger partial charge in [0.2, 0.25) is 0 Å². The Labute approximate surface area is 118 Å². The molecule has 0 aliphatic heterocycles. The third kappa shape index (κ3) is 2.95. The zero-order valence-corrected chi connectivity index (χ0v) is 11.6. The molecule has 0 fully saturated rings. The van der Waals surface area contributed by atoms with E-state index >= 15 is 0 Å². The number of anilines is 1. The molecule has 0 radical (unpaired) electrons. The fourth-order valence-corrected chi connectivity index (χ4v) is 2.09. The molecule has 0 aliphatic rings. The van der Waals surface area contributed by atoms with Crippen LogP contribution in [0.1, 0.15) is 23.7 Å². The first kappa shape index (κ1) is 14.0. The predicted octanol–water partition coefficient (Wildman–Crippen LogP) is 2.58. The molecule has 0 amide bonds. The molecule has 2 aromatic rings. The maximum Gasteiger partial charge on any atom is 0.128 e. The molecule has 0 saturated heterocycles. The fraction of sp³-hybridized carbons (Fsp3) is 0.250. The lowest BCUT2D eigenvalue weighted by atomic mass is 9.93. The Bertz CT molecular complexity index is 634. The molecule has 1 aromatic carbocycles.